The Labute approximate surface area is 92.8 Å². The fourth-order valence-electron chi connectivity index (χ4n) is 1.17. The van der Waals surface area contributed by atoms with Crippen LogP contribution in [0.25, 0.3) is 0 Å². The summed E-state index contributed by atoms with van der Waals surface area (Å²) in [6.07, 6.45) is 2.35. The zero-order valence-corrected chi connectivity index (χ0v) is 10.3. The second-order valence-electron chi connectivity index (χ2n) is 4.97. The molecule has 1 fully saturated rings. The summed E-state index contributed by atoms with van der Waals surface area (Å²) in [5, 5.41) is 0. The van der Waals surface area contributed by atoms with Crippen molar-refractivity contribution in [3.63, 3.8) is 0 Å². The van der Waals surface area contributed by atoms with Crippen molar-refractivity contribution in [2.45, 2.75) is 45.3 Å². The van der Waals surface area contributed by atoms with E-state index in [1.807, 2.05) is 20.8 Å². The van der Waals surface area contributed by atoms with Gasteiger partial charge in [-0.1, -0.05) is 0 Å². The Bertz CT molecular complexity index is 160. The van der Waals surface area contributed by atoms with Crippen molar-refractivity contribution in [2.75, 3.05) is 20.1 Å². The van der Waals surface area contributed by atoms with Crippen molar-refractivity contribution in [3.05, 3.63) is 0 Å². The minimum Gasteiger partial charge on any atom is -0.462 e. The number of piperidine rings is 1. The lowest BCUT2D eigenvalue weighted by Gasteiger charge is -2.25. The predicted octanol–water partition coefficient (Wildman–Crippen LogP) is 0.997. The summed E-state index contributed by atoms with van der Waals surface area (Å²) < 4.78 is 4.55. The molecular weight excluding hydrogens is 192 g/mol. The largest absolute Gasteiger partial charge is 0.462 e. The van der Waals surface area contributed by atoms with Crippen LogP contribution in [-0.2, 0) is 9.53 Å². The van der Waals surface area contributed by atoms with Gasteiger partial charge in [-0.25, -0.2) is 0 Å². The van der Waals surface area contributed by atoms with Gasteiger partial charge in [0.25, 0.3) is 6.47 Å². The third kappa shape index (κ3) is 9.69. The van der Waals surface area contributed by atoms with Crippen LogP contribution in [0.3, 0.4) is 0 Å². The second-order valence-corrected chi connectivity index (χ2v) is 4.97. The van der Waals surface area contributed by atoms with Gasteiger partial charge in [-0.05, 0) is 53.8 Å². The normalized spacial score (nSPS) is 19.0. The van der Waals surface area contributed by atoms with Gasteiger partial charge in [-0.2, -0.15) is 0 Å². The molecular formula is C11H24N2O2. The fourth-order valence-corrected chi connectivity index (χ4v) is 1.17. The summed E-state index contributed by atoms with van der Waals surface area (Å²) in [5.74, 6) is 0. The molecule has 2 N–H and O–H groups in total. The first-order valence-electron chi connectivity index (χ1n) is 5.41. The number of rotatable bonds is 1. The Balaban J connectivity index is 0.000000265. The fraction of sp³-hybridized carbons (Fsp3) is 0.909. The van der Waals surface area contributed by atoms with Gasteiger partial charge in [0, 0.05) is 6.04 Å². The number of nitrogens with zero attached hydrogens (tertiary/aromatic N) is 1. The van der Waals surface area contributed by atoms with E-state index in [9.17, 15) is 4.79 Å². The average molecular weight is 216 g/mol. The Hall–Kier alpha value is -0.610. The number of carbonyl (C=O) groups is 1. The van der Waals surface area contributed by atoms with Gasteiger partial charge in [-0.15, -0.1) is 0 Å². The van der Waals surface area contributed by atoms with E-state index in [1.54, 1.807) is 0 Å². The molecule has 0 spiro atoms. The molecule has 1 rings (SSSR count). The third-order valence-electron chi connectivity index (χ3n) is 2.16. The number of nitrogens with two attached hydrogens (primary N) is 1. The van der Waals surface area contributed by atoms with Gasteiger partial charge < -0.3 is 15.4 Å². The van der Waals surface area contributed by atoms with Gasteiger partial charge in [0.15, 0.2) is 0 Å². The molecule has 0 aromatic heterocycles. The van der Waals surface area contributed by atoms with Crippen LogP contribution in [0.4, 0.5) is 0 Å². The Kier molecular flexibility index (Phi) is 6.52. The molecule has 0 radical (unpaired) electrons. The molecule has 15 heavy (non-hydrogen) atoms. The highest BCUT2D eigenvalue weighted by atomic mass is 16.5. The summed E-state index contributed by atoms with van der Waals surface area (Å²) in [6.45, 7) is 8.28. The van der Waals surface area contributed by atoms with Gasteiger partial charge >= 0.3 is 0 Å². The van der Waals surface area contributed by atoms with Crippen molar-refractivity contribution in [2.24, 2.45) is 5.73 Å². The molecule has 0 amide bonds. The highest BCUT2D eigenvalue weighted by Gasteiger charge is 2.11. The van der Waals surface area contributed by atoms with Crippen molar-refractivity contribution in [1.82, 2.24) is 4.90 Å². The molecule has 0 aliphatic carbocycles. The summed E-state index contributed by atoms with van der Waals surface area (Å²) in [7, 11) is 2.14. The van der Waals surface area contributed by atoms with E-state index >= 15 is 0 Å². The van der Waals surface area contributed by atoms with E-state index in [4.69, 9.17) is 5.73 Å². The highest BCUT2D eigenvalue weighted by molar-refractivity contribution is 5.37. The zero-order chi connectivity index (χ0) is 11.9. The van der Waals surface area contributed by atoms with Crippen LogP contribution in [0.15, 0.2) is 0 Å². The maximum Gasteiger partial charge on any atom is 0.293 e. The minimum atomic E-state index is -0.318. The lowest BCUT2D eigenvalue weighted by Crippen LogP contribution is -2.37. The first kappa shape index (κ1) is 14.4. The molecule has 0 atom stereocenters. The Morgan fingerprint density at radius 1 is 1.33 bits per heavy atom. The number of ether oxygens (including phenoxy) is 1. The molecule has 90 valence electrons. The quantitative estimate of drug-likeness (QED) is 0.664. The predicted molar refractivity (Wildman–Crippen MR) is 61.6 cm³/mol. The lowest BCUT2D eigenvalue weighted by atomic mass is 10.1. The Morgan fingerprint density at radius 3 is 2.00 bits per heavy atom. The van der Waals surface area contributed by atoms with Crippen molar-refractivity contribution in [3.8, 4) is 0 Å². The monoisotopic (exact) mass is 216 g/mol. The van der Waals surface area contributed by atoms with Crippen molar-refractivity contribution in [1.29, 1.82) is 0 Å². The lowest BCUT2D eigenvalue weighted by molar-refractivity contribution is -0.138. The van der Waals surface area contributed by atoms with Crippen LogP contribution in [0.1, 0.15) is 33.6 Å². The molecule has 0 bridgehead atoms. The molecule has 0 saturated carbocycles. The van der Waals surface area contributed by atoms with Gasteiger partial charge in [-0.3, -0.25) is 4.79 Å². The topological polar surface area (TPSA) is 55.6 Å². The maximum atomic E-state index is 9.60. The number of hydrogen-bond donors (Lipinski definition) is 1. The molecule has 0 aromatic carbocycles. The molecule has 0 aromatic rings. The van der Waals surface area contributed by atoms with Gasteiger partial charge in [0.05, 0.1) is 0 Å². The van der Waals surface area contributed by atoms with E-state index in [0.717, 1.165) is 0 Å². The number of carbonyl (C=O) groups excluding carboxylic acids is 1. The first-order valence-corrected chi connectivity index (χ1v) is 5.41. The van der Waals surface area contributed by atoms with Gasteiger partial charge in [0.2, 0.25) is 0 Å². The minimum absolute atomic E-state index is 0.318. The first-order chi connectivity index (χ1) is 6.85. The number of likely N-dealkylation sites (tertiary alicyclic amines) is 1. The third-order valence-corrected chi connectivity index (χ3v) is 2.16. The van der Waals surface area contributed by atoms with Crippen LogP contribution in [0, 0.1) is 0 Å². The van der Waals surface area contributed by atoms with E-state index in [-0.39, 0.29) is 5.60 Å². The van der Waals surface area contributed by atoms with Crippen LogP contribution in [0.5, 0.6) is 0 Å². The SMILES string of the molecule is CC(C)(C)OC=O.CN1CCC(N)CC1. The summed E-state index contributed by atoms with van der Waals surface area (Å²) in [4.78, 5) is 11.9. The van der Waals surface area contributed by atoms with E-state index in [1.165, 1.54) is 25.9 Å². The van der Waals surface area contributed by atoms with E-state index in [0.29, 0.717) is 12.5 Å². The Morgan fingerprint density at radius 2 is 1.80 bits per heavy atom. The molecule has 1 heterocycles. The number of hydrogen-bond acceptors (Lipinski definition) is 4. The van der Waals surface area contributed by atoms with Crippen molar-refractivity contribution < 1.29 is 9.53 Å². The molecule has 4 heteroatoms. The molecule has 1 saturated heterocycles. The van der Waals surface area contributed by atoms with E-state index < -0.39 is 0 Å². The summed E-state index contributed by atoms with van der Waals surface area (Å²) >= 11 is 0. The van der Waals surface area contributed by atoms with Crippen LogP contribution >= 0.6 is 0 Å². The van der Waals surface area contributed by atoms with Crippen LogP contribution in [-0.4, -0.2) is 43.2 Å². The van der Waals surface area contributed by atoms with Crippen LogP contribution in [0.2, 0.25) is 0 Å². The van der Waals surface area contributed by atoms with E-state index in [2.05, 4.69) is 16.7 Å². The van der Waals surface area contributed by atoms with Gasteiger partial charge in [0.1, 0.15) is 5.60 Å². The highest BCUT2D eigenvalue weighted by Crippen LogP contribution is 2.04. The van der Waals surface area contributed by atoms with Crippen molar-refractivity contribution >= 4 is 6.47 Å². The smallest absolute Gasteiger partial charge is 0.293 e. The average Bonchev–Trinajstić information content (AvgIpc) is 2.09. The molecule has 4 nitrogen and oxygen atoms in total. The zero-order valence-electron chi connectivity index (χ0n) is 10.3. The summed E-state index contributed by atoms with van der Waals surface area (Å²) in [5.41, 5.74) is 5.35. The molecule has 1 aliphatic heterocycles. The summed E-state index contributed by atoms with van der Waals surface area (Å²) in [6, 6.07) is 0.478. The second kappa shape index (κ2) is 6.80. The maximum absolute atomic E-state index is 9.60. The molecule has 1 aliphatic rings. The van der Waals surface area contributed by atoms with Crippen LogP contribution < -0.4 is 5.73 Å². The standard InChI is InChI=1S/C6H14N2.C5H10O2/c1-8-4-2-6(7)3-5-8;1-5(2,3)7-4-6/h6H,2-5,7H2,1H3;4H,1-3H3. The molecule has 0 unspecified atom stereocenters.